The molecular formula is C35H38F4O5. The van der Waals surface area contributed by atoms with Crippen molar-refractivity contribution in [3.63, 3.8) is 0 Å². The lowest BCUT2D eigenvalue weighted by atomic mass is 10.0. The van der Waals surface area contributed by atoms with Gasteiger partial charge in [0.05, 0.1) is 11.1 Å². The fraction of sp³-hybridized carbons (Fsp3) is 0.371. The summed E-state index contributed by atoms with van der Waals surface area (Å²) in [7, 11) is 0. The van der Waals surface area contributed by atoms with Gasteiger partial charge in [0.1, 0.15) is 23.9 Å². The number of carbonyl (C=O) groups is 2. The summed E-state index contributed by atoms with van der Waals surface area (Å²) in [6, 6.07) is 16.7. The van der Waals surface area contributed by atoms with Crippen LogP contribution >= 0.6 is 0 Å². The van der Waals surface area contributed by atoms with Crippen LogP contribution in [0.25, 0.3) is 11.1 Å². The number of benzene rings is 3. The quantitative estimate of drug-likeness (QED) is 0.0498. The molecule has 0 aliphatic rings. The smallest absolute Gasteiger partial charge is 0.425 e. The van der Waals surface area contributed by atoms with Crippen LogP contribution in [-0.2, 0) is 4.74 Å². The van der Waals surface area contributed by atoms with Gasteiger partial charge in [0.25, 0.3) is 0 Å². The lowest BCUT2D eigenvalue weighted by molar-refractivity contribution is -0.206. The molecule has 0 aliphatic carbocycles. The lowest BCUT2D eigenvalue weighted by Crippen LogP contribution is -2.34. The maximum atomic E-state index is 14.7. The van der Waals surface area contributed by atoms with Crippen LogP contribution < -0.4 is 9.47 Å². The molecule has 9 heteroatoms. The minimum atomic E-state index is -4.78. The van der Waals surface area contributed by atoms with Crippen molar-refractivity contribution in [2.24, 2.45) is 0 Å². The van der Waals surface area contributed by atoms with E-state index in [4.69, 9.17) is 9.47 Å². The first-order valence-electron chi connectivity index (χ1n) is 14.9. The minimum Gasteiger partial charge on any atom is -0.490 e. The highest BCUT2D eigenvalue weighted by molar-refractivity contribution is 5.92. The fourth-order valence-corrected chi connectivity index (χ4v) is 4.53. The molecule has 0 radical (unpaired) electrons. The van der Waals surface area contributed by atoms with E-state index in [1.54, 1.807) is 30.3 Å². The third-order valence-electron chi connectivity index (χ3n) is 6.98. The van der Waals surface area contributed by atoms with E-state index in [-0.39, 0.29) is 17.7 Å². The third kappa shape index (κ3) is 10.8. The van der Waals surface area contributed by atoms with E-state index in [0.717, 1.165) is 67.9 Å². The highest BCUT2D eigenvalue weighted by Crippen LogP contribution is 2.29. The van der Waals surface area contributed by atoms with E-state index >= 15 is 0 Å². The number of rotatable bonds is 17. The van der Waals surface area contributed by atoms with Crippen molar-refractivity contribution >= 4 is 11.9 Å². The fourth-order valence-electron chi connectivity index (χ4n) is 4.53. The van der Waals surface area contributed by atoms with Gasteiger partial charge in [0.15, 0.2) is 6.10 Å². The molecule has 3 aromatic carbocycles. The summed E-state index contributed by atoms with van der Waals surface area (Å²) >= 11 is 0. The van der Waals surface area contributed by atoms with Crippen LogP contribution in [0.15, 0.2) is 79.4 Å². The first-order chi connectivity index (χ1) is 21.1. The second-order valence-electron chi connectivity index (χ2n) is 10.4. The van der Waals surface area contributed by atoms with E-state index in [2.05, 4.69) is 18.2 Å². The molecule has 3 aromatic rings. The molecule has 0 aromatic heterocycles. The molecule has 0 heterocycles. The van der Waals surface area contributed by atoms with Gasteiger partial charge in [-0.3, -0.25) is 0 Å². The van der Waals surface area contributed by atoms with E-state index in [1.165, 1.54) is 0 Å². The van der Waals surface area contributed by atoms with Crippen LogP contribution in [0, 0.1) is 5.82 Å². The number of alkyl halides is 3. The van der Waals surface area contributed by atoms with E-state index < -0.39 is 42.0 Å². The molecule has 3 rings (SSSR count). The molecule has 0 spiro atoms. The molecule has 1 unspecified atom stereocenters. The Hall–Kier alpha value is -4.14. The Labute approximate surface area is 255 Å². The van der Waals surface area contributed by atoms with Crippen LogP contribution in [0.1, 0.15) is 85.4 Å². The normalized spacial score (nSPS) is 11.9. The maximum Gasteiger partial charge on any atom is 0.425 e. The number of esters is 2. The number of hydrogen-bond donors (Lipinski definition) is 0. The second-order valence-corrected chi connectivity index (χ2v) is 10.4. The number of carbonyl (C=O) groups excluding carboxylic acids is 2. The van der Waals surface area contributed by atoms with E-state index in [9.17, 15) is 27.2 Å². The Bertz CT molecular complexity index is 1350. The molecule has 44 heavy (non-hydrogen) atoms. The summed E-state index contributed by atoms with van der Waals surface area (Å²) in [5.74, 6) is -2.89. The minimum absolute atomic E-state index is 0.192. The van der Waals surface area contributed by atoms with Gasteiger partial charge in [-0.1, -0.05) is 88.8 Å². The molecule has 0 N–H and O–H groups in total. The summed E-state index contributed by atoms with van der Waals surface area (Å²) < 4.78 is 70.7. The Morgan fingerprint density at radius 1 is 0.795 bits per heavy atom. The van der Waals surface area contributed by atoms with Gasteiger partial charge in [0.2, 0.25) is 0 Å². The zero-order valence-electron chi connectivity index (χ0n) is 24.8. The van der Waals surface area contributed by atoms with Crippen LogP contribution in [-0.4, -0.2) is 30.8 Å². The zero-order chi connectivity index (χ0) is 32.0. The van der Waals surface area contributed by atoms with Crippen molar-refractivity contribution in [1.29, 1.82) is 0 Å². The lowest BCUT2D eigenvalue weighted by Gasteiger charge is -2.21. The maximum absolute atomic E-state index is 14.7. The molecule has 0 aliphatic heterocycles. The van der Waals surface area contributed by atoms with Gasteiger partial charge in [-0.25, -0.2) is 14.0 Å². The Kier molecular flexibility index (Phi) is 13.5. The van der Waals surface area contributed by atoms with Crippen molar-refractivity contribution in [2.45, 2.75) is 77.0 Å². The SMILES string of the molecule is C=CCOc1ccc(-c2ccc(C(=O)Oc3ccc(C(=O)OC(CCCCCCCCCC)C(F)(F)F)c(F)c3)cc2)cc1. The van der Waals surface area contributed by atoms with Crippen molar-refractivity contribution < 1.29 is 41.4 Å². The molecule has 0 amide bonds. The van der Waals surface area contributed by atoms with Crippen molar-refractivity contribution in [2.75, 3.05) is 6.61 Å². The van der Waals surface area contributed by atoms with Gasteiger partial charge in [-0.15, -0.1) is 0 Å². The number of unbranched alkanes of at least 4 members (excludes halogenated alkanes) is 7. The first-order valence-corrected chi connectivity index (χ1v) is 14.9. The largest absolute Gasteiger partial charge is 0.490 e. The predicted octanol–water partition coefficient (Wildman–Crippen LogP) is 9.90. The van der Waals surface area contributed by atoms with Crippen molar-refractivity contribution in [3.05, 3.63) is 96.3 Å². The predicted molar refractivity (Wildman–Crippen MR) is 161 cm³/mol. The Balaban J connectivity index is 1.55. The van der Waals surface area contributed by atoms with Crippen molar-refractivity contribution in [3.8, 4) is 22.6 Å². The Morgan fingerprint density at radius 2 is 1.36 bits per heavy atom. The molecule has 5 nitrogen and oxygen atoms in total. The zero-order valence-corrected chi connectivity index (χ0v) is 24.8. The van der Waals surface area contributed by atoms with Gasteiger partial charge in [-0.05, 0) is 60.4 Å². The molecular weight excluding hydrogens is 576 g/mol. The average molecular weight is 615 g/mol. The second kappa shape index (κ2) is 17.2. The molecule has 0 saturated carbocycles. The molecule has 236 valence electrons. The molecule has 0 fully saturated rings. The van der Waals surface area contributed by atoms with Crippen LogP contribution in [0.2, 0.25) is 0 Å². The van der Waals surface area contributed by atoms with Gasteiger partial charge < -0.3 is 14.2 Å². The highest BCUT2D eigenvalue weighted by atomic mass is 19.4. The molecule has 0 bridgehead atoms. The summed E-state index contributed by atoms with van der Waals surface area (Å²) in [6.45, 7) is 6.11. The standard InChI is InChI=1S/C35H38F4O5/c1-3-5-6-7-8-9-10-11-12-32(35(37,38)39)44-34(41)30-22-21-29(24-31(30)36)43-33(40)27-15-13-25(14-16-27)26-17-19-28(20-18-26)42-23-4-2/h4,13-22,24,32H,2-3,5-12,23H2,1H3. The first kappa shape index (κ1) is 34.4. The highest BCUT2D eigenvalue weighted by Gasteiger charge is 2.42. The van der Waals surface area contributed by atoms with Gasteiger partial charge in [0, 0.05) is 6.07 Å². The summed E-state index contributed by atoms with van der Waals surface area (Å²) in [5.41, 5.74) is 1.24. The van der Waals surface area contributed by atoms with E-state index in [1.807, 2.05) is 24.3 Å². The third-order valence-corrected chi connectivity index (χ3v) is 6.98. The topological polar surface area (TPSA) is 61.8 Å². The van der Waals surface area contributed by atoms with Crippen LogP contribution in [0.5, 0.6) is 11.5 Å². The molecule has 1 atom stereocenters. The number of ether oxygens (including phenoxy) is 3. The summed E-state index contributed by atoms with van der Waals surface area (Å²) in [6.07, 6.45) is 1.15. The number of hydrogen-bond acceptors (Lipinski definition) is 5. The molecule has 0 saturated heterocycles. The average Bonchev–Trinajstić information content (AvgIpc) is 3.00. The van der Waals surface area contributed by atoms with E-state index in [0.29, 0.717) is 18.8 Å². The van der Waals surface area contributed by atoms with Gasteiger partial charge >= 0.3 is 18.1 Å². The van der Waals surface area contributed by atoms with Crippen LogP contribution in [0.3, 0.4) is 0 Å². The summed E-state index contributed by atoms with van der Waals surface area (Å²) in [5, 5.41) is 0. The van der Waals surface area contributed by atoms with Crippen molar-refractivity contribution in [1.82, 2.24) is 0 Å². The number of halogens is 4. The monoisotopic (exact) mass is 614 g/mol. The summed E-state index contributed by atoms with van der Waals surface area (Å²) in [4.78, 5) is 25.1. The Morgan fingerprint density at radius 3 is 1.93 bits per heavy atom. The van der Waals surface area contributed by atoms with Crippen LogP contribution in [0.4, 0.5) is 17.6 Å². The van der Waals surface area contributed by atoms with Gasteiger partial charge in [-0.2, -0.15) is 13.2 Å².